The second-order valence-electron chi connectivity index (χ2n) is 3.43. The first-order valence-corrected chi connectivity index (χ1v) is 7.30. The molecule has 1 N–H and O–H groups in total. The number of nitrogens with one attached hydrogen (secondary N) is 1. The molecule has 0 aliphatic rings. The van der Waals surface area contributed by atoms with Crippen molar-refractivity contribution in [2.24, 2.45) is 0 Å². The molecule has 6 nitrogen and oxygen atoms in total. The number of sulfonamides is 1. The van der Waals surface area contributed by atoms with Crippen LogP contribution in [0.4, 0.5) is 5.82 Å². The number of nitrogens with zero attached hydrogens (tertiary/aromatic N) is 3. The van der Waals surface area contributed by atoms with Crippen molar-refractivity contribution in [3.8, 4) is 6.07 Å². The maximum Gasteiger partial charge on any atom is 0.265 e. The summed E-state index contributed by atoms with van der Waals surface area (Å²) in [6.07, 6.45) is 2.81. The number of anilines is 1. The van der Waals surface area contributed by atoms with Gasteiger partial charge in [0.15, 0.2) is 5.69 Å². The minimum absolute atomic E-state index is 0.155. The van der Waals surface area contributed by atoms with Gasteiger partial charge in [-0.3, -0.25) is 4.72 Å². The Kier molecular flexibility index (Phi) is 3.78. The fourth-order valence-electron chi connectivity index (χ4n) is 1.34. The molecular formula is C11H7BrN4O2S. The summed E-state index contributed by atoms with van der Waals surface area (Å²) in [5, 5.41) is 8.86. The van der Waals surface area contributed by atoms with Gasteiger partial charge in [-0.05, 0) is 24.3 Å². The summed E-state index contributed by atoms with van der Waals surface area (Å²) in [7, 11) is -3.89. The average Bonchev–Trinajstić information content (AvgIpc) is 2.38. The van der Waals surface area contributed by atoms with Gasteiger partial charge in [-0.1, -0.05) is 15.9 Å². The van der Waals surface area contributed by atoms with Gasteiger partial charge >= 0.3 is 0 Å². The minimum Gasteiger partial charge on any atom is -0.263 e. The summed E-state index contributed by atoms with van der Waals surface area (Å²) < 4.78 is 27.2. The number of rotatable bonds is 3. The lowest BCUT2D eigenvalue weighted by molar-refractivity contribution is 0.600. The van der Waals surface area contributed by atoms with Crippen molar-refractivity contribution in [2.45, 2.75) is 4.90 Å². The molecule has 0 saturated heterocycles. The third kappa shape index (κ3) is 3.07. The van der Waals surface area contributed by atoms with E-state index in [-0.39, 0.29) is 16.4 Å². The number of pyridine rings is 2. The number of nitriles is 1. The molecule has 0 spiro atoms. The molecule has 2 rings (SSSR count). The Morgan fingerprint density at radius 2 is 2.05 bits per heavy atom. The van der Waals surface area contributed by atoms with E-state index in [4.69, 9.17) is 5.26 Å². The Morgan fingerprint density at radius 1 is 1.26 bits per heavy atom. The maximum absolute atomic E-state index is 12.1. The van der Waals surface area contributed by atoms with Gasteiger partial charge in [0.05, 0.1) is 0 Å². The summed E-state index contributed by atoms with van der Waals surface area (Å²) in [5.41, 5.74) is -0.162. The highest BCUT2D eigenvalue weighted by Gasteiger charge is 2.19. The van der Waals surface area contributed by atoms with Crippen LogP contribution in [0.1, 0.15) is 5.69 Å². The highest BCUT2D eigenvalue weighted by molar-refractivity contribution is 9.10. The van der Waals surface area contributed by atoms with Crippen LogP contribution >= 0.6 is 15.9 Å². The van der Waals surface area contributed by atoms with E-state index in [1.54, 1.807) is 12.1 Å². The van der Waals surface area contributed by atoms with Crippen LogP contribution in [0, 0.1) is 11.3 Å². The monoisotopic (exact) mass is 338 g/mol. The normalized spacial score (nSPS) is 10.7. The first-order chi connectivity index (χ1) is 9.03. The topological polar surface area (TPSA) is 95.7 Å². The van der Waals surface area contributed by atoms with E-state index < -0.39 is 10.0 Å². The Labute approximate surface area is 118 Å². The van der Waals surface area contributed by atoms with Gasteiger partial charge in [0.1, 0.15) is 16.8 Å². The lowest BCUT2D eigenvalue weighted by Crippen LogP contribution is -2.15. The molecule has 19 heavy (non-hydrogen) atoms. The molecule has 0 radical (unpaired) electrons. The minimum atomic E-state index is -3.89. The van der Waals surface area contributed by atoms with Crippen molar-refractivity contribution < 1.29 is 8.42 Å². The van der Waals surface area contributed by atoms with Crippen molar-refractivity contribution in [2.75, 3.05) is 4.72 Å². The second kappa shape index (κ2) is 5.34. The summed E-state index contributed by atoms with van der Waals surface area (Å²) in [5.74, 6) is 0.155. The third-order valence-corrected chi connectivity index (χ3v) is 4.01. The highest BCUT2D eigenvalue weighted by Crippen LogP contribution is 2.18. The fourth-order valence-corrected chi connectivity index (χ4v) is 2.79. The molecule has 0 fully saturated rings. The molecule has 0 aromatic carbocycles. The van der Waals surface area contributed by atoms with Crippen LogP contribution in [0.25, 0.3) is 0 Å². The van der Waals surface area contributed by atoms with Gasteiger partial charge < -0.3 is 0 Å². The smallest absolute Gasteiger partial charge is 0.263 e. The van der Waals surface area contributed by atoms with Crippen LogP contribution in [0.2, 0.25) is 0 Å². The van der Waals surface area contributed by atoms with Crippen LogP contribution < -0.4 is 4.72 Å². The number of halogens is 1. The molecule has 0 unspecified atom stereocenters. The zero-order valence-corrected chi connectivity index (χ0v) is 11.8. The predicted molar refractivity (Wildman–Crippen MR) is 71.7 cm³/mol. The molecule has 2 aromatic heterocycles. The highest BCUT2D eigenvalue weighted by atomic mass is 79.9. The Bertz CT molecular complexity index is 755. The van der Waals surface area contributed by atoms with Crippen LogP contribution in [0.5, 0.6) is 0 Å². The van der Waals surface area contributed by atoms with E-state index >= 15 is 0 Å². The number of hydrogen-bond acceptors (Lipinski definition) is 5. The van der Waals surface area contributed by atoms with E-state index in [9.17, 15) is 8.42 Å². The van der Waals surface area contributed by atoms with Gasteiger partial charge in [0, 0.05) is 16.9 Å². The molecule has 0 bridgehead atoms. The van der Waals surface area contributed by atoms with Gasteiger partial charge in [-0.15, -0.1) is 0 Å². The third-order valence-electron chi connectivity index (χ3n) is 2.13. The lowest BCUT2D eigenvalue weighted by atomic mass is 10.4. The van der Waals surface area contributed by atoms with Gasteiger partial charge in [-0.25, -0.2) is 18.4 Å². The molecule has 8 heteroatoms. The van der Waals surface area contributed by atoms with Crippen molar-refractivity contribution >= 4 is 31.8 Å². The molecule has 0 aliphatic carbocycles. The standard InChI is InChI=1S/C11H7BrN4O2S/c12-8-3-5-15-11(6-8)16-19(17,18)10-2-1-4-14-9(10)7-13/h1-6H,(H,15,16). The van der Waals surface area contributed by atoms with Crippen molar-refractivity contribution in [3.05, 3.63) is 46.8 Å². The van der Waals surface area contributed by atoms with Crippen molar-refractivity contribution in [3.63, 3.8) is 0 Å². The molecule has 2 heterocycles. The van der Waals surface area contributed by atoms with E-state index in [2.05, 4.69) is 30.6 Å². The van der Waals surface area contributed by atoms with E-state index in [1.165, 1.54) is 30.6 Å². The van der Waals surface area contributed by atoms with Crippen molar-refractivity contribution in [1.82, 2.24) is 9.97 Å². The van der Waals surface area contributed by atoms with E-state index in [0.29, 0.717) is 4.47 Å². The molecule has 0 amide bonds. The summed E-state index contributed by atoms with van der Waals surface area (Å²) >= 11 is 3.21. The van der Waals surface area contributed by atoms with Crippen LogP contribution in [-0.4, -0.2) is 18.4 Å². The summed E-state index contributed by atoms with van der Waals surface area (Å²) in [4.78, 5) is 7.41. The van der Waals surface area contributed by atoms with E-state index in [1.807, 2.05) is 0 Å². The number of aromatic nitrogens is 2. The molecular weight excluding hydrogens is 332 g/mol. The van der Waals surface area contributed by atoms with Crippen LogP contribution in [-0.2, 0) is 10.0 Å². The van der Waals surface area contributed by atoms with Gasteiger partial charge in [0.25, 0.3) is 10.0 Å². The molecule has 96 valence electrons. The van der Waals surface area contributed by atoms with Crippen molar-refractivity contribution in [1.29, 1.82) is 5.26 Å². The Balaban J connectivity index is 2.41. The van der Waals surface area contributed by atoms with Gasteiger partial charge in [0.2, 0.25) is 0 Å². The lowest BCUT2D eigenvalue weighted by Gasteiger charge is -2.07. The molecule has 0 aliphatic heterocycles. The maximum atomic E-state index is 12.1. The molecule has 0 atom stereocenters. The zero-order chi connectivity index (χ0) is 13.9. The quantitative estimate of drug-likeness (QED) is 0.922. The largest absolute Gasteiger partial charge is 0.265 e. The summed E-state index contributed by atoms with van der Waals surface area (Å²) in [6, 6.07) is 7.68. The SMILES string of the molecule is N#Cc1ncccc1S(=O)(=O)Nc1cc(Br)ccn1. The predicted octanol–water partition coefficient (Wildman–Crippen LogP) is 1.91. The Morgan fingerprint density at radius 3 is 2.74 bits per heavy atom. The summed E-state index contributed by atoms with van der Waals surface area (Å²) in [6.45, 7) is 0. The van der Waals surface area contributed by atoms with Crippen LogP contribution in [0.3, 0.4) is 0 Å². The number of hydrogen-bond donors (Lipinski definition) is 1. The second-order valence-corrected chi connectivity index (χ2v) is 5.99. The van der Waals surface area contributed by atoms with E-state index in [0.717, 1.165) is 0 Å². The average molecular weight is 339 g/mol. The van der Waals surface area contributed by atoms with Gasteiger partial charge in [-0.2, -0.15) is 5.26 Å². The van der Waals surface area contributed by atoms with Crippen LogP contribution in [0.15, 0.2) is 46.0 Å². The molecule has 0 saturated carbocycles. The zero-order valence-electron chi connectivity index (χ0n) is 9.41. The Hall–Kier alpha value is -1.98. The fraction of sp³-hybridized carbons (Fsp3) is 0. The first kappa shape index (κ1) is 13.5. The first-order valence-electron chi connectivity index (χ1n) is 5.02. The molecule has 2 aromatic rings.